The highest BCUT2D eigenvalue weighted by Gasteiger charge is 1.86. The lowest BCUT2D eigenvalue weighted by atomic mass is 10.2. The van der Waals surface area contributed by atoms with Crippen LogP contribution < -0.4 is 0 Å². The van der Waals surface area contributed by atoms with Crippen LogP contribution in [0.3, 0.4) is 0 Å². The molecule has 1 rings (SSSR count). The molecule has 0 saturated heterocycles. The number of rotatable bonds is 1. The smallest absolute Gasteiger partial charge is 0.123 e. The Balaban J connectivity index is 2.89. The zero-order chi connectivity index (χ0) is 7.40. The van der Waals surface area contributed by atoms with Crippen LogP contribution in [0.2, 0.25) is 0 Å². The second-order valence-electron chi connectivity index (χ2n) is 1.84. The molecule has 0 spiro atoms. The molecular formula is C8H6BrF. The zero-order valence-electron chi connectivity index (χ0n) is 5.22. The predicted octanol–water partition coefficient (Wildman–Crippen LogP) is 3.19. The third-order valence-corrected chi connectivity index (χ3v) is 1.39. The van der Waals surface area contributed by atoms with Crippen molar-refractivity contribution in [3.8, 4) is 0 Å². The molecular weight excluding hydrogens is 195 g/mol. The minimum atomic E-state index is -0.202. The van der Waals surface area contributed by atoms with Crippen molar-refractivity contribution in [3.63, 3.8) is 0 Å². The van der Waals surface area contributed by atoms with E-state index in [9.17, 15) is 4.39 Å². The minimum Gasteiger partial charge on any atom is -0.207 e. The number of hydrogen-bond donors (Lipinski definition) is 0. The minimum absolute atomic E-state index is 0.202. The van der Waals surface area contributed by atoms with Crippen LogP contribution in [0.1, 0.15) is 5.56 Å². The molecule has 0 aliphatic carbocycles. The summed E-state index contributed by atoms with van der Waals surface area (Å²) in [7, 11) is 0. The summed E-state index contributed by atoms with van der Waals surface area (Å²) in [5, 5.41) is 0. The maximum Gasteiger partial charge on any atom is 0.123 e. The topological polar surface area (TPSA) is 0 Å². The van der Waals surface area contributed by atoms with Crippen LogP contribution in [0, 0.1) is 5.82 Å². The molecule has 0 unspecified atom stereocenters. The van der Waals surface area contributed by atoms with Crippen LogP contribution in [0.25, 0.3) is 6.08 Å². The van der Waals surface area contributed by atoms with Gasteiger partial charge in [0.05, 0.1) is 0 Å². The van der Waals surface area contributed by atoms with Crippen molar-refractivity contribution >= 4 is 22.0 Å². The SMILES string of the molecule is Fc1ccc(/C=C/Br)cc1. The van der Waals surface area contributed by atoms with Gasteiger partial charge in [0.1, 0.15) is 5.82 Å². The molecule has 0 radical (unpaired) electrons. The second-order valence-corrected chi connectivity index (χ2v) is 2.37. The van der Waals surface area contributed by atoms with Gasteiger partial charge >= 0.3 is 0 Å². The summed E-state index contributed by atoms with van der Waals surface area (Å²) < 4.78 is 12.3. The van der Waals surface area contributed by atoms with Gasteiger partial charge < -0.3 is 0 Å². The van der Waals surface area contributed by atoms with E-state index in [1.54, 1.807) is 17.1 Å². The maximum absolute atomic E-state index is 12.3. The van der Waals surface area contributed by atoms with Gasteiger partial charge in [-0.25, -0.2) is 4.39 Å². The van der Waals surface area contributed by atoms with Gasteiger partial charge in [-0.3, -0.25) is 0 Å². The van der Waals surface area contributed by atoms with E-state index in [4.69, 9.17) is 0 Å². The average molecular weight is 201 g/mol. The van der Waals surface area contributed by atoms with Gasteiger partial charge in [-0.15, -0.1) is 0 Å². The molecule has 0 amide bonds. The Morgan fingerprint density at radius 3 is 2.30 bits per heavy atom. The first-order chi connectivity index (χ1) is 4.83. The van der Waals surface area contributed by atoms with Gasteiger partial charge in [-0.2, -0.15) is 0 Å². The summed E-state index contributed by atoms with van der Waals surface area (Å²) in [6, 6.07) is 6.30. The summed E-state index contributed by atoms with van der Waals surface area (Å²) in [5.41, 5.74) is 0.985. The predicted molar refractivity (Wildman–Crippen MR) is 44.4 cm³/mol. The third-order valence-electron chi connectivity index (χ3n) is 1.13. The van der Waals surface area contributed by atoms with Crippen molar-refractivity contribution in [2.24, 2.45) is 0 Å². The summed E-state index contributed by atoms with van der Waals surface area (Å²) in [6.45, 7) is 0. The van der Waals surface area contributed by atoms with Gasteiger partial charge in [0.25, 0.3) is 0 Å². The molecule has 0 bridgehead atoms. The van der Waals surface area contributed by atoms with Crippen LogP contribution in [0.5, 0.6) is 0 Å². The molecule has 1 aromatic rings. The van der Waals surface area contributed by atoms with E-state index in [0.29, 0.717) is 0 Å². The van der Waals surface area contributed by atoms with E-state index in [1.165, 1.54) is 12.1 Å². The molecule has 0 fully saturated rings. The van der Waals surface area contributed by atoms with Crippen LogP contribution in [0.15, 0.2) is 29.3 Å². The molecule has 0 saturated carbocycles. The Morgan fingerprint density at radius 2 is 1.80 bits per heavy atom. The second kappa shape index (κ2) is 3.52. The first-order valence-corrected chi connectivity index (χ1v) is 3.77. The van der Waals surface area contributed by atoms with Crippen LogP contribution in [-0.2, 0) is 0 Å². The van der Waals surface area contributed by atoms with Gasteiger partial charge in [0.15, 0.2) is 0 Å². The van der Waals surface area contributed by atoms with Crippen molar-refractivity contribution < 1.29 is 4.39 Å². The summed E-state index contributed by atoms with van der Waals surface area (Å²) >= 11 is 3.13. The van der Waals surface area contributed by atoms with Gasteiger partial charge in [-0.1, -0.05) is 28.1 Å². The lowest BCUT2D eigenvalue weighted by Gasteiger charge is -1.89. The van der Waals surface area contributed by atoms with E-state index in [-0.39, 0.29) is 5.82 Å². The Morgan fingerprint density at radius 1 is 1.20 bits per heavy atom. The monoisotopic (exact) mass is 200 g/mol. The van der Waals surface area contributed by atoms with Gasteiger partial charge in [-0.05, 0) is 28.8 Å². The summed E-state index contributed by atoms with van der Waals surface area (Å²) in [6.07, 6.45) is 1.85. The van der Waals surface area contributed by atoms with Gasteiger partial charge in [0.2, 0.25) is 0 Å². The Labute approximate surface area is 67.5 Å². The highest BCUT2D eigenvalue weighted by molar-refractivity contribution is 9.11. The average Bonchev–Trinajstić information content (AvgIpc) is 1.95. The standard InChI is InChI=1S/C8H6BrF/c9-6-5-7-1-3-8(10)4-2-7/h1-6H/b6-5+. The Hall–Kier alpha value is -0.630. The quantitative estimate of drug-likeness (QED) is 0.654. The largest absolute Gasteiger partial charge is 0.207 e. The van der Waals surface area contributed by atoms with Crippen molar-refractivity contribution in [3.05, 3.63) is 40.6 Å². The molecule has 2 heteroatoms. The molecule has 0 N–H and O–H groups in total. The van der Waals surface area contributed by atoms with E-state index < -0.39 is 0 Å². The first kappa shape index (κ1) is 7.48. The zero-order valence-corrected chi connectivity index (χ0v) is 6.81. The van der Waals surface area contributed by atoms with Crippen molar-refractivity contribution in [2.45, 2.75) is 0 Å². The van der Waals surface area contributed by atoms with E-state index in [1.807, 2.05) is 6.08 Å². The Kier molecular flexibility index (Phi) is 2.63. The molecule has 0 atom stereocenters. The lowest BCUT2D eigenvalue weighted by Crippen LogP contribution is -1.72. The highest BCUT2D eigenvalue weighted by atomic mass is 79.9. The van der Waals surface area contributed by atoms with Crippen molar-refractivity contribution in [1.82, 2.24) is 0 Å². The van der Waals surface area contributed by atoms with Crippen LogP contribution in [0.4, 0.5) is 4.39 Å². The molecule has 0 aliphatic heterocycles. The third kappa shape index (κ3) is 1.95. The van der Waals surface area contributed by atoms with Gasteiger partial charge in [0, 0.05) is 0 Å². The van der Waals surface area contributed by atoms with E-state index in [0.717, 1.165) is 5.56 Å². The van der Waals surface area contributed by atoms with Crippen molar-refractivity contribution in [1.29, 1.82) is 0 Å². The number of halogens is 2. The Bertz CT molecular complexity index is 226. The molecule has 0 heterocycles. The molecule has 52 valence electrons. The fourth-order valence-corrected chi connectivity index (χ4v) is 0.952. The van der Waals surface area contributed by atoms with Crippen molar-refractivity contribution in [2.75, 3.05) is 0 Å². The molecule has 0 aromatic heterocycles. The first-order valence-electron chi connectivity index (χ1n) is 2.85. The fraction of sp³-hybridized carbons (Fsp3) is 0. The van der Waals surface area contributed by atoms with E-state index in [2.05, 4.69) is 15.9 Å². The van der Waals surface area contributed by atoms with E-state index >= 15 is 0 Å². The lowest BCUT2D eigenvalue weighted by molar-refractivity contribution is 0.628. The van der Waals surface area contributed by atoms with Crippen LogP contribution in [-0.4, -0.2) is 0 Å². The normalized spacial score (nSPS) is 10.6. The molecule has 0 aliphatic rings. The van der Waals surface area contributed by atoms with Crippen LogP contribution >= 0.6 is 15.9 Å². The molecule has 1 aromatic carbocycles. The summed E-state index contributed by atoms with van der Waals surface area (Å²) in [4.78, 5) is 1.74. The molecule has 10 heavy (non-hydrogen) atoms. The highest BCUT2D eigenvalue weighted by Crippen LogP contribution is 2.05. The molecule has 0 nitrogen and oxygen atoms in total. The summed E-state index contributed by atoms with van der Waals surface area (Å²) in [5.74, 6) is -0.202. The number of hydrogen-bond acceptors (Lipinski definition) is 0. The maximum atomic E-state index is 12.3. The fourth-order valence-electron chi connectivity index (χ4n) is 0.647. The number of benzene rings is 1.